The molecular formula is C25H20N6O. The van der Waals surface area contributed by atoms with E-state index < -0.39 is 0 Å². The number of nitrogens with one attached hydrogen (secondary N) is 3. The zero-order chi connectivity index (χ0) is 21.9. The SMILES string of the molecule is C=CC(=O)Nc1ccc2c(Nc3ccc4[nH]c(Cc5ccccc5)nc4c3)ncnc2c1. The highest BCUT2D eigenvalue weighted by Gasteiger charge is 2.09. The minimum Gasteiger partial charge on any atom is -0.342 e. The maximum absolute atomic E-state index is 11.6. The summed E-state index contributed by atoms with van der Waals surface area (Å²) in [5, 5.41) is 6.95. The Morgan fingerprint density at radius 3 is 2.62 bits per heavy atom. The highest BCUT2D eigenvalue weighted by molar-refractivity contribution is 6.01. The van der Waals surface area contributed by atoms with Crippen LogP contribution in [0.25, 0.3) is 21.9 Å². The minimum atomic E-state index is -0.268. The van der Waals surface area contributed by atoms with Crippen molar-refractivity contribution in [1.82, 2.24) is 19.9 Å². The molecule has 0 unspecified atom stereocenters. The third-order valence-electron chi connectivity index (χ3n) is 5.10. The number of fused-ring (bicyclic) bond motifs is 2. The van der Waals surface area contributed by atoms with E-state index in [0.29, 0.717) is 11.5 Å². The normalized spacial score (nSPS) is 10.9. The Labute approximate surface area is 184 Å². The van der Waals surface area contributed by atoms with Crippen molar-refractivity contribution in [2.75, 3.05) is 10.6 Å². The number of amides is 1. The highest BCUT2D eigenvalue weighted by Crippen LogP contribution is 2.27. The molecule has 5 aromatic rings. The summed E-state index contributed by atoms with van der Waals surface area (Å²) in [6, 6.07) is 21.7. The van der Waals surface area contributed by atoms with Crippen LogP contribution in [-0.2, 0) is 11.2 Å². The number of anilines is 3. The minimum absolute atomic E-state index is 0.268. The highest BCUT2D eigenvalue weighted by atomic mass is 16.1. The molecule has 1 amide bonds. The number of aromatic nitrogens is 4. The fourth-order valence-electron chi connectivity index (χ4n) is 3.57. The van der Waals surface area contributed by atoms with Crippen molar-refractivity contribution in [2.45, 2.75) is 6.42 Å². The van der Waals surface area contributed by atoms with E-state index in [-0.39, 0.29) is 5.91 Å². The molecule has 0 atom stereocenters. The average Bonchev–Trinajstić information content (AvgIpc) is 3.21. The van der Waals surface area contributed by atoms with Crippen LogP contribution < -0.4 is 10.6 Å². The van der Waals surface area contributed by atoms with Crippen molar-refractivity contribution in [3.8, 4) is 0 Å². The summed E-state index contributed by atoms with van der Waals surface area (Å²) in [6.07, 6.45) is 3.47. The standard InChI is InChI=1S/C25H20N6O/c1-2-24(32)28-17-8-10-19-21(13-17)26-15-27-25(19)29-18-9-11-20-22(14-18)31-23(30-20)12-16-6-4-3-5-7-16/h2-11,13-15H,1,12H2,(H,28,32)(H,30,31)(H,26,27,29). The zero-order valence-electron chi connectivity index (χ0n) is 17.2. The predicted octanol–water partition coefficient (Wildman–Crippen LogP) is 4.97. The molecule has 0 radical (unpaired) electrons. The Morgan fingerprint density at radius 2 is 1.78 bits per heavy atom. The van der Waals surface area contributed by atoms with E-state index in [1.54, 1.807) is 6.07 Å². The molecule has 32 heavy (non-hydrogen) atoms. The van der Waals surface area contributed by atoms with Crippen molar-refractivity contribution in [3.05, 3.63) is 97.1 Å². The first kappa shape index (κ1) is 19.4. The third-order valence-corrected chi connectivity index (χ3v) is 5.10. The largest absolute Gasteiger partial charge is 0.342 e. The van der Waals surface area contributed by atoms with Crippen LogP contribution in [0.5, 0.6) is 0 Å². The van der Waals surface area contributed by atoms with Gasteiger partial charge in [-0.05, 0) is 48.0 Å². The molecule has 2 heterocycles. The summed E-state index contributed by atoms with van der Waals surface area (Å²) in [4.78, 5) is 28.4. The number of hydrogen-bond donors (Lipinski definition) is 3. The van der Waals surface area contributed by atoms with Gasteiger partial charge in [0.15, 0.2) is 0 Å². The van der Waals surface area contributed by atoms with Crippen LogP contribution in [0.2, 0.25) is 0 Å². The number of carbonyl (C=O) groups is 1. The summed E-state index contributed by atoms with van der Waals surface area (Å²) in [5.41, 5.74) is 5.32. The summed E-state index contributed by atoms with van der Waals surface area (Å²) < 4.78 is 0. The van der Waals surface area contributed by atoms with Crippen LogP contribution >= 0.6 is 0 Å². The van der Waals surface area contributed by atoms with E-state index in [0.717, 1.165) is 39.9 Å². The van der Waals surface area contributed by atoms with Crippen molar-refractivity contribution in [3.63, 3.8) is 0 Å². The Kier molecular flexibility index (Phi) is 5.05. The maximum Gasteiger partial charge on any atom is 0.247 e. The van der Waals surface area contributed by atoms with Crippen molar-refractivity contribution >= 4 is 45.0 Å². The Balaban J connectivity index is 1.41. The molecule has 0 bridgehead atoms. The van der Waals surface area contributed by atoms with E-state index >= 15 is 0 Å². The molecule has 0 saturated carbocycles. The number of hydrogen-bond acceptors (Lipinski definition) is 5. The smallest absolute Gasteiger partial charge is 0.247 e. The van der Waals surface area contributed by atoms with Crippen LogP contribution in [0.15, 0.2) is 85.7 Å². The van der Waals surface area contributed by atoms with E-state index in [1.165, 1.54) is 18.0 Å². The molecule has 156 valence electrons. The Hall–Kier alpha value is -4.52. The van der Waals surface area contributed by atoms with Gasteiger partial charge in [0, 0.05) is 23.2 Å². The summed E-state index contributed by atoms with van der Waals surface area (Å²) in [6.45, 7) is 3.47. The lowest BCUT2D eigenvalue weighted by molar-refractivity contribution is -0.111. The molecule has 0 fully saturated rings. The fraction of sp³-hybridized carbons (Fsp3) is 0.0400. The summed E-state index contributed by atoms with van der Waals surface area (Å²) in [5.74, 6) is 1.33. The number of carbonyl (C=O) groups excluding carboxylic acids is 1. The number of nitrogens with zero attached hydrogens (tertiary/aromatic N) is 3. The molecule has 0 spiro atoms. The van der Waals surface area contributed by atoms with Crippen LogP contribution in [-0.4, -0.2) is 25.8 Å². The third kappa shape index (κ3) is 4.04. The van der Waals surface area contributed by atoms with Crippen molar-refractivity contribution < 1.29 is 4.79 Å². The quantitative estimate of drug-likeness (QED) is 0.337. The van der Waals surface area contributed by atoms with Gasteiger partial charge in [-0.25, -0.2) is 15.0 Å². The van der Waals surface area contributed by atoms with Crippen molar-refractivity contribution in [2.24, 2.45) is 0 Å². The van der Waals surface area contributed by atoms with Gasteiger partial charge in [0.05, 0.1) is 16.6 Å². The van der Waals surface area contributed by atoms with Crippen LogP contribution in [0, 0.1) is 0 Å². The Morgan fingerprint density at radius 1 is 0.969 bits per heavy atom. The molecule has 0 aliphatic heterocycles. The van der Waals surface area contributed by atoms with Gasteiger partial charge >= 0.3 is 0 Å². The number of aromatic amines is 1. The van der Waals surface area contributed by atoms with Gasteiger partial charge in [-0.2, -0.15) is 0 Å². The molecule has 5 rings (SSSR count). The van der Waals surface area contributed by atoms with E-state index in [2.05, 4.69) is 44.3 Å². The van der Waals surface area contributed by atoms with Crippen LogP contribution in [0.3, 0.4) is 0 Å². The summed E-state index contributed by atoms with van der Waals surface area (Å²) in [7, 11) is 0. The second kappa shape index (κ2) is 8.31. The van der Waals surface area contributed by atoms with Gasteiger partial charge in [-0.1, -0.05) is 36.9 Å². The lowest BCUT2D eigenvalue weighted by Crippen LogP contribution is -2.07. The molecule has 3 N–H and O–H groups in total. The first-order valence-electron chi connectivity index (χ1n) is 10.2. The maximum atomic E-state index is 11.6. The number of H-pyrrole nitrogens is 1. The van der Waals surface area contributed by atoms with E-state index in [9.17, 15) is 4.79 Å². The molecule has 3 aromatic carbocycles. The molecule has 0 saturated heterocycles. The topological polar surface area (TPSA) is 95.6 Å². The van der Waals surface area contributed by atoms with E-state index in [4.69, 9.17) is 4.98 Å². The first-order valence-corrected chi connectivity index (χ1v) is 10.2. The number of benzene rings is 3. The number of imidazole rings is 1. The Bertz CT molecular complexity index is 1440. The molecule has 7 nitrogen and oxygen atoms in total. The molecular weight excluding hydrogens is 400 g/mol. The molecule has 0 aliphatic rings. The molecule has 2 aromatic heterocycles. The zero-order valence-corrected chi connectivity index (χ0v) is 17.2. The second-order valence-corrected chi connectivity index (χ2v) is 7.35. The lowest BCUT2D eigenvalue weighted by atomic mass is 10.1. The molecule has 7 heteroatoms. The monoisotopic (exact) mass is 420 g/mol. The van der Waals surface area contributed by atoms with Gasteiger partial charge in [-0.3, -0.25) is 4.79 Å². The van der Waals surface area contributed by atoms with Crippen molar-refractivity contribution in [1.29, 1.82) is 0 Å². The average molecular weight is 420 g/mol. The van der Waals surface area contributed by atoms with Gasteiger partial charge < -0.3 is 15.6 Å². The first-order chi connectivity index (χ1) is 15.7. The van der Waals surface area contributed by atoms with E-state index in [1.807, 2.05) is 48.5 Å². The predicted molar refractivity (Wildman–Crippen MR) is 127 cm³/mol. The number of rotatable bonds is 6. The van der Waals surface area contributed by atoms with Gasteiger partial charge in [0.25, 0.3) is 0 Å². The van der Waals surface area contributed by atoms with Crippen LogP contribution in [0.1, 0.15) is 11.4 Å². The molecule has 0 aliphatic carbocycles. The van der Waals surface area contributed by atoms with Gasteiger partial charge in [0.2, 0.25) is 5.91 Å². The van der Waals surface area contributed by atoms with Gasteiger partial charge in [-0.15, -0.1) is 0 Å². The van der Waals surface area contributed by atoms with Gasteiger partial charge in [0.1, 0.15) is 18.0 Å². The summed E-state index contributed by atoms with van der Waals surface area (Å²) >= 11 is 0. The second-order valence-electron chi connectivity index (χ2n) is 7.35. The lowest BCUT2D eigenvalue weighted by Gasteiger charge is -2.09. The van der Waals surface area contributed by atoms with Crippen LogP contribution in [0.4, 0.5) is 17.2 Å². The fourth-order valence-corrected chi connectivity index (χ4v) is 3.57.